The molecule has 0 aliphatic carbocycles. The van der Waals surface area contributed by atoms with Crippen molar-refractivity contribution in [1.29, 1.82) is 5.26 Å². The minimum absolute atomic E-state index is 0.515. The molecule has 4 aromatic heterocycles. The molecule has 8 rings (SSSR count). The largest absolute Gasteiger partial charge is 0.356 e. The minimum atomic E-state index is 0.515. The molecule has 0 spiro atoms. The zero-order chi connectivity index (χ0) is 30.3. The van der Waals surface area contributed by atoms with E-state index >= 15 is 0 Å². The van der Waals surface area contributed by atoms with Crippen LogP contribution in [0.4, 0.5) is 0 Å². The molecule has 0 aliphatic heterocycles. The Morgan fingerprint density at radius 3 is 1.80 bits per heavy atom. The summed E-state index contributed by atoms with van der Waals surface area (Å²) in [5.41, 5.74) is 4.85. The Labute approximate surface area is 260 Å². The maximum absolute atomic E-state index is 10.6. The Bertz CT molecular complexity index is 2550. The van der Waals surface area contributed by atoms with Crippen LogP contribution in [-0.4, -0.2) is 19.1 Å². The smallest absolute Gasteiger partial charge is 0.245 e. The van der Waals surface area contributed by atoms with E-state index in [2.05, 4.69) is 82.4 Å². The molecular weight excluding hydrogens is 581 g/mol. The highest BCUT2D eigenvalue weighted by Gasteiger charge is 2.24. The average molecular weight is 605 g/mol. The van der Waals surface area contributed by atoms with Crippen LogP contribution in [0.15, 0.2) is 72.8 Å². The Kier molecular flexibility index (Phi) is 5.76. The molecule has 6 nitrogen and oxygen atoms in total. The van der Waals surface area contributed by atoms with Gasteiger partial charge < -0.3 is 9.13 Å². The number of hydrogen-bond acceptors (Lipinski definition) is 5. The molecule has 0 atom stereocenters. The van der Waals surface area contributed by atoms with Gasteiger partial charge in [-0.2, -0.15) is 5.26 Å². The second-order valence-corrected chi connectivity index (χ2v) is 13.0. The molecule has 8 heteroatoms. The Hall–Kier alpha value is -5.28. The van der Waals surface area contributed by atoms with E-state index < -0.39 is 0 Å². The third kappa shape index (κ3) is 3.56. The molecule has 0 fully saturated rings. The predicted octanol–water partition coefficient (Wildman–Crippen LogP) is 7.46. The van der Waals surface area contributed by atoms with Crippen molar-refractivity contribution in [3.05, 3.63) is 116 Å². The highest BCUT2D eigenvalue weighted by molar-refractivity contribution is 7.20. The van der Waals surface area contributed by atoms with Crippen molar-refractivity contribution in [2.24, 2.45) is 14.1 Å². The van der Waals surface area contributed by atoms with E-state index in [0.29, 0.717) is 21.3 Å². The standard InChI is InChI=1S/C36H24N6S2/c1-19-28-29(34(42(19)5)32(38-3)36-40-31-24-13-9-7-11-22(24)15-17-27(31)44-36)20(2)41(4)33(28)25(18-37)35-39-30-23-12-8-6-10-21(23)14-16-26(30)43-35/h6-17H,1-2,4-5H3/b33-25-,34-32+. The fourth-order valence-electron chi connectivity index (χ4n) is 6.45. The molecular formula is C36H24N6S2. The van der Waals surface area contributed by atoms with Crippen molar-refractivity contribution in [3.63, 3.8) is 0 Å². The lowest BCUT2D eigenvalue weighted by atomic mass is 10.1. The molecule has 0 saturated carbocycles. The quantitative estimate of drug-likeness (QED) is 0.193. The second-order valence-electron chi connectivity index (χ2n) is 11.0. The zero-order valence-electron chi connectivity index (χ0n) is 24.4. The van der Waals surface area contributed by atoms with Crippen molar-refractivity contribution in [1.82, 2.24) is 19.1 Å². The van der Waals surface area contributed by atoms with Crippen LogP contribution in [0.5, 0.6) is 0 Å². The van der Waals surface area contributed by atoms with E-state index in [4.69, 9.17) is 16.5 Å². The van der Waals surface area contributed by atoms with Crippen molar-refractivity contribution in [2.75, 3.05) is 0 Å². The summed E-state index contributed by atoms with van der Waals surface area (Å²) < 4.78 is 6.26. The van der Waals surface area contributed by atoms with E-state index in [1.165, 1.54) is 0 Å². The van der Waals surface area contributed by atoms with Crippen LogP contribution in [-0.2, 0) is 14.1 Å². The predicted molar refractivity (Wildman–Crippen MR) is 182 cm³/mol. The van der Waals surface area contributed by atoms with Crippen LogP contribution in [0, 0.1) is 31.8 Å². The molecule has 210 valence electrons. The van der Waals surface area contributed by atoms with Gasteiger partial charge in [0, 0.05) is 47.0 Å². The van der Waals surface area contributed by atoms with Crippen LogP contribution < -0.4 is 10.7 Å². The van der Waals surface area contributed by atoms with Gasteiger partial charge in [0.2, 0.25) is 5.70 Å². The summed E-state index contributed by atoms with van der Waals surface area (Å²) in [6.07, 6.45) is 0. The molecule has 0 bridgehead atoms. The summed E-state index contributed by atoms with van der Waals surface area (Å²) >= 11 is 3.09. The van der Waals surface area contributed by atoms with Crippen LogP contribution in [0.1, 0.15) is 21.4 Å². The lowest BCUT2D eigenvalue weighted by molar-refractivity contribution is 0.826. The Morgan fingerprint density at radius 1 is 0.727 bits per heavy atom. The fraction of sp³-hybridized carbons (Fsp3) is 0.111. The molecule has 0 N–H and O–H groups in total. The molecule has 0 unspecified atom stereocenters. The minimum Gasteiger partial charge on any atom is -0.356 e. The summed E-state index contributed by atoms with van der Waals surface area (Å²) in [7, 11) is 3.99. The van der Waals surface area contributed by atoms with Gasteiger partial charge in [0.25, 0.3) is 0 Å². The zero-order valence-corrected chi connectivity index (χ0v) is 26.1. The molecule has 0 radical (unpaired) electrons. The molecule has 0 aliphatic rings. The topological polar surface area (TPSA) is 63.8 Å². The number of benzene rings is 4. The summed E-state index contributed by atoms with van der Waals surface area (Å²) in [5, 5.41) is 20.0. The van der Waals surface area contributed by atoms with Gasteiger partial charge in [-0.25, -0.2) is 14.8 Å². The van der Waals surface area contributed by atoms with E-state index in [1.54, 1.807) is 22.7 Å². The lowest BCUT2D eigenvalue weighted by Crippen LogP contribution is -2.21. The highest BCUT2D eigenvalue weighted by atomic mass is 32.1. The number of nitriles is 1. The fourth-order valence-corrected chi connectivity index (χ4v) is 8.40. The van der Waals surface area contributed by atoms with Crippen LogP contribution in [0.2, 0.25) is 0 Å². The Morgan fingerprint density at radius 2 is 1.23 bits per heavy atom. The average Bonchev–Trinajstić information content (AvgIpc) is 3.79. The van der Waals surface area contributed by atoms with Gasteiger partial charge in [-0.1, -0.05) is 60.7 Å². The first-order valence-corrected chi connectivity index (χ1v) is 15.8. The third-order valence-corrected chi connectivity index (χ3v) is 10.9. The van der Waals surface area contributed by atoms with Crippen molar-refractivity contribution in [2.45, 2.75) is 13.8 Å². The molecule has 4 heterocycles. The third-order valence-electron chi connectivity index (χ3n) is 8.79. The normalized spacial score (nSPS) is 13.2. The monoisotopic (exact) mass is 604 g/mol. The van der Waals surface area contributed by atoms with Crippen LogP contribution >= 0.6 is 22.7 Å². The maximum atomic E-state index is 10.6. The van der Waals surface area contributed by atoms with Crippen molar-refractivity contribution < 1.29 is 0 Å². The number of rotatable bonds is 2. The van der Waals surface area contributed by atoms with Crippen LogP contribution in [0.25, 0.3) is 68.9 Å². The number of nitrogens with zero attached hydrogens (tertiary/aromatic N) is 6. The van der Waals surface area contributed by atoms with Gasteiger partial charge in [-0.3, -0.25) is 0 Å². The van der Waals surface area contributed by atoms with Crippen molar-refractivity contribution in [3.8, 4) is 6.07 Å². The molecule has 0 amide bonds. The van der Waals surface area contributed by atoms with E-state index in [0.717, 1.165) is 74.8 Å². The van der Waals surface area contributed by atoms with Gasteiger partial charge in [-0.05, 0) is 36.8 Å². The Balaban J connectivity index is 1.46. The van der Waals surface area contributed by atoms with E-state index in [-0.39, 0.29) is 0 Å². The first-order chi connectivity index (χ1) is 21.4. The first-order valence-electron chi connectivity index (χ1n) is 14.1. The van der Waals surface area contributed by atoms with E-state index in [9.17, 15) is 5.26 Å². The molecule has 4 aromatic carbocycles. The lowest BCUT2D eigenvalue weighted by Gasteiger charge is -2.04. The van der Waals surface area contributed by atoms with Crippen molar-refractivity contribution >= 4 is 86.7 Å². The molecule has 0 saturated heterocycles. The number of aromatic nitrogens is 4. The number of hydrogen-bond donors (Lipinski definition) is 0. The highest BCUT2D eigenvalue weighted by Crippen LogP contribution is 2.34. The summed E-state index contributed by atoms with van der Waals surface area (Å²) in [6.45, 7) is 12.5. The summed E-state index contributed by atoms with van der Waals surface area (Å²) in [6, 6.07) is 27.3. The van der Waals surface area contributed by atoms with Gasteiger partial charge in [0.05, 0.1) is 37.7 Å². The number of fused-ring (bicyclic) bond motifs is 7. The summed E-state index contributed by atoms with van der Waals surface area (Å²) in [5.74, 6) is 0. The SMILES string of the molecule is [C-]#[N+]/C(c1nc2c(ccc3ccccc32)s1)=c1\c2c(C)n(C)/c(=C(/C#N)c3nc4c(ccc5ccccc54)s3)c2c(C)n1C. The number of aryl methyl sites for hydroxylation is 2. The summed E-state index contributed by atoms with van der Waals surface area (Å²) in [4.78, 5) is 14.2. The molecule has 8 aromatic rings. The first kappa shape index (κ1) is 26.4. The van der Waals surface area contributed by atoms with Gasteiger partial charge in [-0.15, -0.1) is 22.7 Å². The maximum Gasteiger partial charge on any atom is 0.245 e. The van der Waals surface area contributed by atoms with Crippen LogP contribution in [0.3, 0.4) is 0 Å². The van der Waals surface area contributed by atoms with Gasteiger partial charge in [0.15, 0.2) is 0 Å². The second kappa shape index (κ2) is 9.62. The molecule has 44 heavy (non-hydrogen) atoms. The van der Waals surface area contributed by atoms with E-state index in [1.807, 2.05) is 38.4 Å². The number of thiazole rings is 2. The van der Waals surface area contributed by atoms with Gasteiger partial charge in [0.1, 0.15) is 21.7 Å². The van der Waals surface area contributed by atoms with Gasteiger partial charge >= 0.3 is 0 Å².